The maximum atomic E-state index is 12.7. The van der Waals surface area contributed by atoms with Crippen LogP contribution in [0, 0.1) is 0 Å². The van der Waals surface area contributed by atoms with Gasteiger partial charge in [-0.25, -0.2) is 10.9 Å². The van der Waals surface area contributed by atoms with Crippen molar-refractivity contribution in [3.63, 3.8) is 0 Å². The Morgan fingerprint density at radius 1 is 1.25 bits per heavy atom. The van der Waals surface area contributed by atoms with Crippen LogP contribution < -0.4 is 25.6 Å². The van der Waals surface area contributed by atoms with Gasteiger partial charge in [0.2, 0.25) is 12.7 Å². The highest BCUT2D eigenvalue weighted by Crippen LogP contribution is 2.35. The van der Waals surface area contributed by atoms with Crippen LogP contribution >= 0.6 is 0 Å². The lowest BCUT2D eigenvalue weighted by Crippen LogP contribution is -2.45. The lowest BCUT2D eigenvalue weighted by molar-refractivity contribution is -0.123. The molecule has 1 saturated heterocycles. The summed E-state index contributed by atoms with van der Waals surface area (Å²) < 4.78 is 10.9. The van der Waals surface area contributed by atoms with Gasteiger partial charge in [-0.2, -0.15) is 0 Å². The summed E-state index contributed by atoms with van der Waals surface area (Å²) in [4.78, 5) is 19.1. The number of carbonyl (C=O) groups excluding carboxylic acids is 1. The number of ether oxygens (including phenoxy) is 2. The van der Waals surface area contributed by atoms with E-state index in [1.54, 1.807) is 6.20 Å². The van der Waals surface area contributed by atoms with E-state index in [1.165, 1.54) is 0 Å². The van der Waals surface area contributed by atoms with Crippen molar-refractivity contribution in [2.75, 3.05) is 27.4 Å². The second-order valence-electron chi connectivity index (χ2n) is 7.22. The molecule has 1 aromatic carbocycles. The molecule has 8 heteroatoms. The summed E-state index contributed by atoms with van der Waals surface area (Å²) in [7, 11) is 3.99. The number of hydrogen-bond donors (Lipinski definition) is 3. The Morgan fingerprint density at radius 3 is 2.89 bits per heavy atom. The predicted octanol–water partition coefficient (Wildman–Crippen LogP) is 1.14. The number of hydrogen-bond acceptors (Lipinski definition) is 7. The van der Waals surface area contributed by atoms with Crippen LogP contribution in [0.15, 0.2) is 42.6 Å². The Morgan fingerprint density at radius 2 is 2.11 bits per heavy atom. The standard InChI is InChI=1S/C20H25N5O3/c1-25(2)17(13-6-7-18-19(9-13)28-12-27-18)11-22-20(26)16-10-15(23-24-16)14-5-3-4-8-21-14/h3-9,15-17,23-24H,10-12H2,1-2H3,(H,22,26). The summed E-state index contributed by atoms with van der Waals surface area (Å²) in [5, 5.41) is 3.07. The summed E-state index contributed by atoms with van der Waals surface area (Å²) in [6.45, 7) is 0.748. The molecule has 0 spiro atoms. The topological polar surface area (TPSA) is 87.8 Å². The van der Waals surface area contributed by atoms with E-state index in [0.29, 0.717) is 13.0 Å². The minimum atomic E-state index is -0.299. The molecule has 28 heavy (non-hydrogen) atoms. The van der Waals surface area contributed by atoms with Crippen LogP contribution in [-0.4, -0.2) is 49.3 Å². The van der Waals surface area contributed by atoms with Gasteiger partial charge in [0.1, 0.15) is 6.04 Å². The molecule has 1 fully saturated rings. The van der Waals surface area contributed by atoms with Crippen LogP contribution in [-0.2, 0) is 4.79 Å². The van der Waals surface area contributed by atoms with E-state index in [1.807, 2.05) is 50.5 Å². The molecule has 0 bridgehead atoms. The first-order chi connectivity index (χ1) is 13.6. The Balaban J connectivity index is 1.36. The molecule has 8 nitrogen and oxygen atoms in total. The first-order valence-corrected chi connectivity index (χ1v) is 9.37. The van der Waals surface area contributed by atoms with E-state index in [4.69, 9.17) is 9.47 Å². The first kappa shape index (κ1) is 18.7. The molecule has 2 aliphatic rings. The van der Waals surface area contributed by atoms with Gasteiger partial charge >= 0.3 is 0 Å². The molecule has 2 aliphatic heterocycles. The third-order valence-corrected chi connectivity index (χ3v) is 5.14. The highest BCUT2D eigenvalue weighted by molar-refractivity contribution is 5.82. The molecule has 148 valence electrons. The van der Waals surface area contributed by atoms with Crippen molar-refractivity contribution in [1.82, 2.24) is 26.1 Å². The monoisotopic (exact) mass is 383 g/mol. The molecule has 0 saturated carbocycles. The molecule has 0 radical (unpaired) electrons. The SMILES string of the molecule is CN(C)C(CNC(=O)C1CC(c2ccccn2)NN1)c1ccc2c(c1)OCO2. The fourth-order valence-corrected chi connectivity index (χ4v) is 3.54. The van der Waals surface area contributed by atoms with Gasteiger partial charge in [-0.05, 0) is 50.3 Å². The van der Waals surface area contributed by atoms with E-state index >= 15 is 0 Å². The van der Waals surface area contributed by atoms with Crippen molar-refractivity contribution in [1.29, 1.82) is 0 Å². The van der Waals surface area contributed by atoms with Crippen molar-refractivity contribution >= 4 is 5.91 Å². The molecule has 2 aromatic rings. The van der Waals surface area contributed by atoms with E-state index in [-0.39, 0.29) is 30.8 Å². The van der Waals surface area contributed by atoms with E-state index < -0.39 is 0 Å². The fourth-order valence-electron chi connectivity index (χ4n) is 3.54. The van der Waals surface area contributed by atoms with Crippen LogP contribution in [0.25, 0.3) is 0 Å². The largest absolute Gasteiger partial charge is 0.454 e. The number of pyridine rings is 1. The average molecular weight is 383 g/mol. The zero-order chi connectivity index (χ0) is 19.5. The molecular formula is C20H25N5O3. The van der Waals surface area contributed by atoms with Crippen molar-refractivity contribution in [3.05, 3.63) is 53.9 Å². The van der Waals surface area contributed by atoms with Crippen molar-refractivity contribution in [2.24, 2.45) is 0 Å². The summed E-state index contributed by atoms with van der Waals surface area (Å²) in [6, 6.07) is 11.4. The summed E-state index contributed by atoms with van der Waals surface area (Å²) in [5.74, 6) is 1.47. The van der Waals surface area contributed by atoms with Crippen molar-refractivity contribution in [3.8, 4) is 11.5 Å². The number of hydrazine groups is 1. The predicted molar refractivity (Wildman–Crippen MR) is 104 cm³/mol. The van der Waals surface area contributed by atoms with Gasteiger partial charge in [0.25, 0.3) is 0 Å². The van der Waals surface area contributed by atoms with Crippen LogP contribution in [0.3, 0.4) is 0 Å². The molecule has 3 atom stereocenters. The Labute approximate surface area is 164 Å². The second kappa shape index (κ2) is 8.14. The van der Waals surface area contributed by atoms with Crippen LogP contribution in [0.4, 0.5) is 0 Å². The number of benzene rings is 1. The quantitative estimate of drug-likeness (QED) is 0.689. The van der Waals surface area contributed by atoms with E-state index in [0.717, 1.165) is 22.8 Å². The molecule has 3 unspecified atom stereocenters. The Bertz CT molecular complexity index is 830. The van der Waals surface area contributed by atoms with Crippen LogP contribution in [0.2, 0.25) is 0 Å². The van der Waals surface area contributed by atoms with Gasteiger partial charge in [0.15, 0.2) is 11.5 Å². The fraction of sp³-hybridized carbons (Fsp3) is 0.400. The number of nitrogens with zero attached hydrogens (tertiary/aromatic N) is 2. The maximum absolute atomic E-state index is 12.7. The number of amides is 1. The van der Waals surface area contributed by atoms with Gasteiger partial charge in [-0.15, -0.1) is 0 Å². The smallest absolute Gasteiger partial charge is 0.238 e. The molecular weight excluding hydrogens is 358 g/mol. The summed E-state index contributed by atoms with van der Waals surface area (Å²) in [5.41, 5.74) is 8.24. The number of fused-ring (bicyclic) bond motifs is 1. The van der Waals surface area contributed by atoms with Crippen molar-refractivity contribution < 1.29 is 14.3 Å². The third-order valence-electron chi connectivity index (χ3n) is 5.14. The average Bonchev–Trinajstić information content (AvgIpc) is 3.38. The maximum Gasteiger partial charge on any atom is 0.238 e. The number of rotatable bonds is 6. The highest BCUT2D eigenvalue weighted by Gasteiger charge is 2.31. The molecule has 1 aromatic heterocycles. The third kappa shape index (κ3) is 3.94. The van der Waals surface area contributed by atoms with Gasteiger partial charge in [0, 0.05) is 12.7 Å². The minimum absolute atomic E-state index is 0.0236. The van der Waals surface area contributed by atoms with Crippen LogP contribution in [0.1, 0.15) is 29.8 Å². The van der Waals surface area contributed by atoms with Crippen LogP contribution in [0.5, 0.6) is 11.5 Å². The van der Waals surface area contributed by atoms with Gasteiger partial charge in [0.05, 0.1) is 17.8 Å². The van der Waals surface area contributed by atoms with Crippen molar-refractivity contribution in [2.45, 2.75) is 24.5 Å². The zero-order valence-corrected chi connectivity index (χ0v) is 16.0. The molecule has 3 heterocycles. The molecule has 3 N–H and O–H groups in total. The Hall–Kier alpha value is -2.68. The zero-order valence-electron chi connectivity index (χ0n) is 16.0. The summed E-state index contributed by atoms with van der Waals surface area (Å²) in [6.07, 6.45) is 2.41. The van der Waals surface area contributed by atoms with Gasteiger partial charge in [-0.1, -0.05) is 12.1 Å². The Kier molecular flexibility index (Phi) is 5.43. The lowest BCUT2D eigenvalue weighted by Gasteiger charge is -2.26. The minimum Gasteiger partial charge on any atom is -0.454 e. The van der Waals surface area contributed by atoms with E-state index in [9.17, 15) is 4.79 Å². The number of aromatic nitrogens is 1. The molecule has 0 aliphatic carbocycles. The number of likely N-dealkylation sites (N-methyl/N-ethyl adjacent to an activating group) is 1. The normalized spacial score (nSPS) is 21.7. The number of carbonyl (C=O) groups is 1. The molecule has 1 amide bonds. The first-order valence-electron chi connectivity index (χ1n) is 9.37. The number of nitrogens with one attached hydrogen (secondary N) is 3. The lowest BCUT2D eigenvalue weighted by atomic mass is 10.0. The van der Waals surface area contributed by atoms with Gasteiger partial charge in [-0.3, -0.25) is 9.78 Å². The second-order valence-corrected chi connectivity index (χ2v) is 7.22. The van der Waals surface area contributed by atoms with E-state index in [2.05, 4.69) is 26.1 Å². The highest BCUT2D eigenvalue weighted by atomic mass is 16.7. The summed E-state index contributed by atoms with van der Waals surface area (Å²) >= 11 is 0. The molecule has 4 rings (SSSR count). The van der Waals surface area contributed by atoms with Gasteiger partial charge < -0.3 is 19.7 Å².